The van der Waals surface area contributed by atoms with Crippen molar-refractivity contribution < 1.29 is 5.11 Å². The number of alkyl halides is 1. The van der Waals surface area contributed by atoms with Crippen LogP contribution in [0, 0.1) is 6.92 Å². The highest BCUT2D eigenvalue weighted by Gasteiger charge is 2.00. The van der Waals surface area contributed by atoms with Gasteiger partial charge >= 0.3 is 0 Å². The zero-order valence-corrected chi connectivity index (χ0v) is 7.67. The Morgan fingerprint density at radius 1 is 1.58 bits per heavy atom. The molecule has 1 aromatic carbocycles. The fraction of sp³-hybridized carbons (Fsp3) is 0.333. The summed E-state index contributed by atoms with van der Waals surface area (Å²) in [5.74, 6) is 0. The molecular weight excluding hydrogens is 174 g/mol. The Labute approximate surface area is 77.2 Å². The lowest BCUT2D eigenvalue weighted by Gasteiger charge is -2.10. The topological polar surface area (TPSA) is 32.3 Å². The summed E-state index contributed by atoms with van der Waals surface area (Å²) in [7, 11) is 0. The molecule has 0 aliphatic carbocycles. The summed E-state index contributed by atoms with van der Waals surface area (Å²) in [5, 5.41) is 11.6. The summed E-state index contributed by atoms with van der Waals surface area (Å²) in [6, 6.07) is 7.84. The van der Waals surface area contributed by atoms with Crippen LogP contribution in [0.5, 0.6) is 0 Å². The molecule has 0 fully saturated rings. The van der Waals surface area contributed by atoms with Crippen LogP contribution in [0.25, 0.3) is 0 Å². The number of anilines is 1. The van der Waals surface area contributed by atoms with Crippen molar-refractivity contribution in [2.75, 3.05) is 11.9 Å². The molecule has 0 saturated carbocycles. The lowest BCUT2D eigenvalue weighted by molar-refractivity contribution is 0.300. The van der Waals surface area contributed by atoms with E-state index in [4.69, 9.17) is 16.7 Å². The van der Waals surface area contributed by atoms with Gasteiger partial charge in [-0.2, -0.15) is 0 Å². The Kier molecular flexibility index (Phi) is 3.38. The summed E-state index contributed by atoms with van der Waals surface area (Å²) in [4.78, 5) is 0. The van der Waals surface area contributed by atoms with Crippen LogP contribution in [0.15, 0.2) is 24.3 Å². The van der Waals surface area contributed by atoms with Crippen molar-refractivity contribution in [3.8, 4) is 0 Å². The van der Waals surface area contributed by atoms with Gasteiger partial charge < -0.3 is 10.4 Å². The number of aryl methyl sites for hydroxylation is 1. The van der Waals surface area contributed by atoms with E-state index in [2.05, 4.69) is 5.32 Å². The molecule has 0 aromatic heterocycles. The lowest BCUT2D eigenvalue weighted by atomic mass is 10.2. The lowest BCUT2D eigenvalue weighted by Crippen LogP contribution is -2.16. The maximum Gasteiger partial charge on any atom is 0.125 e. The zero-order chi connectivity index (χ0) is 8.97. The van der Waals surface area contributed by atoms with Crippen LogP contribution in [0.3, 0.4) is 0 Å². The predicted octanol–water partition coefficient (Wildman–Crippen LogP) is 1.96. The number of hydrogen-bond acceptors (Lipinski definition) is 2. The highest BCUT2D eigenvalue weighted by atomic mass is 35.5. The van der Waals surface area contributed by atoms with Gasteiger partial charge in [0.15, 0.2) is 0 Å². The third-order valence-corrected chi connectivity index (χ3v) is 1.75. The SMILES string of the molecule is Cc1cccc(NC(Cl)CO)c1. The first-order chi connectivity index (χ1) is 5.72. The van der Waals surface area contributed by atoms with Crippen LogP contribution < -0.4 is 5.32 Å². The minimum atomic E-state index is -0.410. The molecule has 1 aromatic rings. The fourth-order valence-electron chi connectivity index (χ4n) is 0.961. The van der Waals surface area contributed by atoms with Gasteiger partial charge in [0.2, 0.25) is 0 Å². The van der Waals surface area contributed by atoms with Crippen LogP contribution in [-0.4, -0.2) is 17.2 Å². The Bertz CT molecular complexity index is 252. The van der Waals surface area contributed by atoms with Gasteiger partial charge in [-0.05, 0) is 24.6 Å². The van der Waals surface area contributed by atoms with E-state index in [1.54, 1.807) is 0 Å². The normalized spacial score (nSPS) is 12.6. The van der Waals surface area contributed by atoms with E-state index in [1.807, 2.05) is 31.2 Å². The average Bonchev–Trinajstić information content (AvgIpc) is 2.04. The molecule has 0 heterocycles. The van der Waals surface area contributed by atoms with Crippen molar-refractivity contribution in [2.24, 2.45) is 0 Å². The van der Waals surface area contributed by atoms with Crippen molar-refractivity contribution in [1.82, 2.24) is 0 Å². The molecule has 3 heteroatoms. The van der Waals surface area contributed by atoms with E-state index in [0.29, 0.717) is 0 Å². The molecule has 0 bridgehead atoms. The molecule has 0 saturated heterocycles. The molecule has 1 rings (SSSR count). The van der Waals surface area contributed by atoms with Crippen LogP contribution in [0.1, 0.15) is 5.56 Å². The minimum Gasteiger partial charge on any atom is -0.393 e. The molecule has 66 valence electrons. The highest BCUT2D eigenvalue weighted by molar-refractivity contribution is 6.21. The van der Waals surface area contributed by atoms with E-state index >= 15 is 0 Å². The number of halogens is 1. The van der Waals surface area contributed by atoms with E-state index in [0.717, 1.165) is 5.69 Å². The van der Waals surface area contributed by atoms with Crippen molar-refractivity contribution >= 4 is 17.3 Å². The second-order valence-electron chi connectivity index (χ2n) is 2.66. The summed E-state index contributed by atoms with van der Waals surface area (Å²) in [6.45, 7) is 1.93. The van der Waals surface area contributed by atoms with Gasteiger partial charge in [-0.15, -0.1) is 0 Å². The molecule has 0 radical (unpaired) electrons. The molecule has 2 N–H and O–H groups in total. The maximum absolute atomic E-state index is 8.67. The summed E-state index contributed by atoms with van der Waals surface area (Å²) < 4.78 is 0. The quantitative estimate of drug-likeness (QED) is 0.558. The third kappa shape index (κ3) is 2.72. The average molecular weight is 186 g/mol. The van der Waals surface area contributed by atoms with Crippen LogP contribution in [0.4, 0.5) is 5.69 Å². The molecule has 2 nitrogen and oxygen atoms in total. The Balaban J connectivity index is 2.63. The smallest absolute Gasteiger partial charge is 0.125 e. The molecule has 1 atom stereocenters. The van der Waals surface area contributed by atoms with Gasteiger partial charge in [0.25, 0.3) is 0 Å². The molecule has 0 spiro atoms. The van der Waals surface area contributed by atoms with Gasteiger partial charge in [-0.3, -0.25) is 0 Å². The first kappa shape index (κ1) is 9.36. The zero-order valence-electron chi connectivity index (χ0n) is 6.92. The van der Waals surface area contributed by atoms with E-state index < -0.39 is 5.50 Å². The molecule has 0 amide bonds. The third-order valence-electron chi connectivity index (χ3n) is 1.50. The Morgan fingerprint density at radius 2 is 2.33 bits per heavy atom. The summed E-state index contributed by atoms with van der Waals surface area (Å²) in [6.07, 6.45) is 0. The van der Waals surface area contributed by atoms with Gasteiger partial charge in [-0.25, -0.2) is 0 Å². The second kappa shape index (κ2) is 4.33. The van der Waals surface area contributed by atoms with Crippen molar-refractivity contribution in [2.45, 2.75) is 12.4 Å². The van der Waals surface area contributed by atoms with Crippen molar-refractivity contribution in [1.29, 1.82) is 0 Å². The van der Waals surface area contributed by atoms with Crippen LogP contribution >= 0.6 is 11.6 Å². The molecule has 12 heavy (non-hydrogen) atoms. The predicted molar refractivity (Wildman–Crippen MR) is 51.5 cm³/mol. The van der Waals surface area contributed by atoms with E-state index in [9.17, 15) is 0 Å². The van der Waals surface area contributed by atoms with Crippen LogP contribution in [-0.2, 0) is 0 Å². The van der Waals surface area contributed by atoms with Gasteiger partial charge in [0.05, 0.1) is 6.61 Å². The number of aliphatic hydroxyl groups is 1. The molecular formula is C9H12ClNO. The van der Waals surface area contributed by atoms with Gasteiger partial charge in [0.1, 0.15) is 5.50 Å². The summed E-state index contributed by atoms with van der Waals surface area (Å²) in [5.41, 5.74) is 1.69. The number of benzene rings is 1. The highest BCUT2D eigenvalue weighted by Crippen LogP contribution is 2.11. The number of hydrogen-bond donors (Lipinski definition) is 2. The first-order valence-corrected chi connectivity index (χ1v) is 4.24. The van der Waals surface area contributed by atoms with Crippen LogP contribution in [0.2, 0.25) is 0 Å². The monoisotopic (exact) mass is 185 g/mol. The fourth-order valence-corrected chi connectivity index (χ4v) is 1.09. The van der Waals surface area contributed by atoms with Crippen molar-refractivity contribution in [3.63, 3.8) is 0 Å². The Morgan fingerprint density at radius 3 is 2.92 bits per heavy atom. The standard InChI is InChI=1S/C9H12ClNO/c1-7-3-2-4-8(5-7)11-9(10)6-12/h2-5,9,11-12H,6H2,1H3. The molecule has 0 aliphatic rings. The van der Waals surface area contributed by atoms with Gasteiger partial charge in [0, 0.05) is 5.69 Å². The van der Waals surface area contributed by atoms with Crippen molar-refractivity contribution in [3.05, 3.63) is 29.8 Å². The molecule has 1 unspecified atom stereocenters. The van der Waals surface area contributed by atoms with Gasteiger partial charge in [-0.1, -0.05) is 23.7 Å². The largest absolute Gasteiger partial charge is 0.393 e. The summed E-state index contributed by atoms with van der Waals surface area (Å²) >= 11 is 5.69. The van der Waals surface area contributed by atoms with E-state index in [1.165, 1.54) is 5.56 Å². The maximum atomic E-state index is 8.67. The number of aliphatic hydroxyl groups excluding tert-OH is 1. The number of rotatable bonds is 3. The van der Waals surface area contributed by atoms with E-state index in [-0.39, 0.29) is 6.61 Å². The molecule has 0 aliphatic heterocycles. The Hall–Kier alpha value is -0.730. The minimum absolute atomic E-state index is 0.0739. The number of nitrogens with one attached hydrogen (secondary N) is 1. The second-order valence-corrected chi connectivity index (χ2v) is 3.19. The first-order valence-electron chi connectivity index (χ1n) is 3.80.